The van der Waals surface area contributed by atoms with Crippen LogP contribution in [0.4, 0.5) is 5.69 Å². The van der Waals surface area contributed by atoms with Gasteiger partial charge in [-0.3, -0.25) is 24.1 Å². The van der Waals surface area contributed by atoms with E-state index in [1.165, 1.54) is 0 Å². The molecule has 0 unspecified atom stereocenters. The molecule has 23 heavy (non-hydrogen) atoms. The maximum Gasteiger partial charge on any atom is 0.303 e. The number of likely N-dealkylation sites (tertiary alicyclic amines) is 1. The first-order valence-corrected chi connectivity index (χ1v) is 7.39. The number of nitrogens with one attached hydrogen (secondary N) is 1. The number of imide groups is 1. The Hall–Kier alpha value is -2.70. The molecule has 1 aromatic rings. The van der Waals surface area contributed by atoms with E-state index >= 15 is 0 Å². The summed E-state index contributed by atoms with van der Waals surface area (Å²) in [5, 5.41) is 11.4. The van der Waals surface area contributed by atoms with Crippen LogP contribution in [0.3, 0.4) is 0 Å². The third-order valence-corrected chi connectivity index (χ3v) is 3.56. The molecule has 2 N–H and O–H groups in total. The Morgan fingerprint density at radius 1 is 1.13 bits per heavy atom. The minimum Gasteiger partial charge on any atom is -0.481 e. The van der Waals surface area contributed by atoms with Gasteiger partial charge >= 0.3 is 5.97 Å². The first kappa shape index (κ1) is 16.7. The third kappa shape index (κ3) is 4.91. The molecular formula is C16H18N2O5. The Bertz CT molecular complexity index is 625. The molecule has 0 atom stereocenters. The van der Waals surface area contributed by atoms with E-state index in [1.54, 1.807) is 24.3 Å². The van der Waals surface area contributed by atoms with Gasteiger partial charge in [0, 0.05) is 37.9 Å². The van der Waals surface area contributed by atoms with E-state index < -0.39 is 5.97 Å². The van der Waals surface area contributed by atoms with Gasteiger partial charge in [-0.05, 0) is 24.1 Å². The van der Waals surface area contributed by atoms with Crippen molar-refractivity contribution in [3.05, 3.63) is 29.8 Å². The molecule has 0 aromatic heterocycles. The fourth-order valence-electron chi connectivity index (χ4n) is 2.36. The zero-order valence-corrected chi connectivity index (χ0v) is 12.6. The first-order chi connectivity index (χ1) is 11.0. The molecular weight excluding hydrogens is 300 g/mol. The van der Waals surface area contributed by atoms with Crippen molar-refractivity contribution >= 4 is 29.4 Å². The summed E-state index contributed by atoms with van der Waals surface area (Å²) >= 11 is 0. The fraction of sp³-hybridized carbons (Fsp3) is 0.375. The second-order valence-corrected chi connectivity index (χ2v) is 5.33. The van der Waals surface area contributed by atoms with Crippen molar-refractivity contribution in [2.24, 2.45) is 0 Å². The van der Waals surface area contributed by atoms with Crippen LogP contribution in [0.5, 0.6) is 0 Å². The van der Waals surface area contributed by atoms with Gasteiger partial charge in [0.15, 0.2) is 0 Å². The second kappa shape index (κ2) is 7.53. The zero-order chi connectivity index (χ0) is 16.8. The number of aliphatic carboxylic acids is 1. The first-order valence-electron chi connectivity index (χ1n) is 7.39. The van der Waals surface area contributed by atoms with Crippen molar-refractivity contribution < 1.29 is 24.3 Å². The van der Waals surface area contributed by atoms with Crippen molar-refractivity contribution in [3.63, 3.8) is 0 Å². The molecule has 1 heterocycles. The Morgan fingerprint density at radius 3 is 2.48 bits per heavy atom. The minimum atomic E-state index is -0.876. The zero-order valence-electron chi connectivity index (χ0n) is 12.6. The van der Waals surface area contributed by atoms with Crippen molar-refractivity contribution in [1.82, 2.24) is 4.90 Å². The number of carbonyl (C=O) groups excluding carboxylic acids is 3. The summed E-state index contributed by atoms with van der Waals surface area (Å²) < 4.78 is 0. The average molecular weight is 318 g/mol. The molecule has 0 saturated carbocycles. The van der Waals surface area contributed by atoms with E-state index in [0.29, 0.717) is 12.1 Å². The van der Waals surface area contributed by atoms with Crippen LogP contribution in [0, 0.1) is 0 Å². The van der Waals surface area contributed by atoms with Crippen LogP contribution < -0.4 is 5.32 Å². The highest BCUT2D eigenvalue weighted by molar-refractivity contribution is 6.02. The fourth-order valence-corrected chi connectivity index (χ4v) is 2.36. The van der Waals surface area contributed by atoms with Crippen molar-refractivity contribution in [1.29, 1.82) is 0 Å². The molecule has 0 aliphatic carbocycles. The summed E-state index contributed by atoms with van der Waals surface area (Å²) in [6.07, 6.45) is 0.876. The quantitative estimate of drug-likeness (QED) is 0.735. The van der Waals surface area contributed by atoms with Crippen molar-refractivity contribution in [3.8, 4) is 0 Å². The predicted octanol–water partition coefficient (Wildman–Crippen LogP) is 1.18. The second-order valence-electron chi connectivity index (χ2n) is 5.33. The van der Waals surface area contributed by atoms with Crippen LogP contribution in [0.25, 0.3) is 0 Å². The topological polar surface area (TPSA) is 104 Å². The molecule has 122 valence electrons. The number of anilines is 1. The molecule has 3 amide bonds. The van der Waals surface area contributed by atoms with Gasteiger partial charge in [-0.1, -0.05) is 12.1 Å². The third-order valence-electron chi connectivity index (χ3n) is 3.56. The number of aryl methyl sites for hydroxylation is 1. The number of hydrogen-bond donors (Lipinski definition) is 2. The number of carbonyl (C=O) groups is 4. The monoisotopic (exact) mass is 318 g/mol. The predicted molar refractivity (Wildman–Crippen MR) is 81.6 cm³/mol. The number of carboxylic acids is 1. The summed E-state index contributed by atoms with van der Waals surface area (Å²) in [6, 6.07) is 6.95. The molecule has 1 aromatic carbocycles. The molecule has 7 heteroatoms. The number of hydrogen-bond acceptors (Lipinski definition) is 4. The van der Waals surface area contributed by atoms with Crippen molar-refractivity contribution in [2.45, 2.75) is 32.1 Å². The van der Waals surface area contributed by atoms with Crippen LogP contribution in [-0.2, 0) is 25.6 Å². The van der Waals surface area contributed by atoms with E-state index in [9.17, 15) is 19.2 Å². The van der Waals surface area contributed by atoms with E-state index in [4.69, 9.17) is 5.11 Å². The van der Waals surface area contributed by atoms with E-state index in [-0.39, 0.29) is 49.9 Å². The molecule has 1 saturated heterocycles. The maximum absolute atomic E-state index is 11.9. The lowest BCUT2D eigenvalue weighted by atomic mass is 10.1. The lowest BCUT2D eigenvalue weighted by Crippen LogP contribution is -2.32. The average Bonchev–Trinajstić information content (AvgIpc) is 2.82. The smallest absolute Gasteiger partial charge is 0.303 e. The van der Waals surface area contributed by atoms with Gasteiger partial charge in [0.25, 0.3) is 0 Å². The van der Waals surface area contributed by atoms with Gasteiger partial charge in [-0.2, -0.15) is 0 Å². The van der Waals surface area contributed by atoms with E-state index in [0.717, 1.165) is 10.5 Å². The highest BCUT2D eigenvalue weighted by Crippen LogP contribution is 2.14. The van der Waals surface area contributed by atoms with Gasteiger partial charge in [-0.15, -0.1) is 0 Å². The summed E-state index contributed by atoms with van der Waals surface area (Å²) in [5.74, 6) is -1.65. The Balaban J connectivity index is 1.85. The van der Waals surface area contributed by atoms with Gasteiger partial charge in [0.2, 0.25) is 17.7 Å². The SMILES string of the molecule is O=C(O)CCc1cccc(NC(=O)CCN2C(=O)CCC2=O)c1. The molecule has 0 spiro atoms. The minimum absolute atomic E-state index is 0.0244. The summed E-state index contributed by atoms with van der Waals surface area (Å²) in [6.45, 7) is 0.0855. The molecule has 2 rings (SSSR count). The highest BCUT2D eigenvalue weighted by atomic mass is 16.4. The Kier molecular flexibility index (Phi) is 5.46. The number of benzene rings is 1. The molecule has 0 bridgehead atoms. The molecule has 1 aliphatic heterocycles. The van der Waals surface area contributed by atoms with Crippen LogP contribution >= 0.6 is 0 Å². The molecule has 1 fully saturated rings. The summed E-state index contributed by atoms with van der Waals surface area (Å²) in [7, 11) is 0. The van der Waals surface area contributed by atoms with Crippen LogP contribution in [0.15, 0.2) is 24.3 Å². The van der Waals surface area contributed by atoms with Gasteiger partial charge in [0.1, 0.15) is 0 Å². The number of rotatable bonds is 7. The Labute approximate surface area is 133 Å². The van der Waals surface area contributed by atoms with Gasteiger partial charge in [-0.25, -0.2) is 0 Å². The largest absolute Gasteiger partial charge is 0.481 e. The van der Waals surface area contributed by atoms with Crippen LogP contribution in [0.1, 0.15) is 31.2 Å². The standard InChI is InChI=1S/C16H18N2O5/c19-13(8-9-18-14(20)5-6-15(18)21)17-12-3-1-2-11(10-12)4-7-16(22)23/h1-3,10H,4-9H2,(H,17,19)(H,22,23). The van der Waals surface area contributed by atoms with E-state index in [1.807, 2.05) is 0 Å². The molecule has 0 radical (unpaired) electrons. The van der Waals surface area contributed by atoms with Crippen LogP contribution in [0.2, 0.25) is 0 Å². The number of amides is 3. The number of nitrogens with zero attached hydrogens (tertiary/aromatic N) is 1. The Morgan fingerprint density at radius 2 is 1.83 bits per heavy atom. The van der Waals surface area contributed by atoms with Gasteiger partial charge in [0.05, 0.1) is 0 Å². The van der Waals surface area contributed by atoms with E-state index in [2.05, 4.69) is 5.32 Å². The molecule has 7 nitrogen and oxygen atoms in total. The number of carboxylic acid groups (broad SMARTS) is 1. The summed E-state index contributed by atoms with van der Waals surface area (Å²) in [4.78, 5) is 46.5. The normalized spacial score (nSPS) is 14.2. The lowest BCUT2D eigenvalue weighted by Gasteiger charge is -2.13. The maximum atomic E-state index is 11.9. The van der Waals surface area contributed by atoms with Crippen molar-refractivity contribution in [2.75, 3.05) is 11.9 Å². The molecule has 1 aliphatic rings. The van der Waals surface area contributed by atoms with Crippen LogP contribution in [-0.4, -0.2) is 40.2 Å². The lowest BCUT2D eigenvalue weighted by molar-refractivity contribution is -0.139. The van der Waals surface area contributed by atoms with Gasteiger partial charge < -0.3 is 10.4 Å². The highest BCUT2D eigenvalue weighted by Gasteiger charge is 2.28. The summed E-state index contributed by atoms with van der Waals surface area (Å²) in [5.41, 5.74) is 1.38.